The van der Waals surface area contributed by atoms with Crippen LogP contribution in [0.25, 0.3) is 16.6 Å². The average Bonchev–Trinajstić information content (AvgIpc) is 3.29. The Bertz CT molecular complexity index is 2030. The molecule has 258 valence electrons. The van der Waals surface area contributed by atoms with Gasteiger partial charge in [-0.05, 0) is 63.2 Å². The van der Waals surface area contributed by atoms with Crippen LogP contribution in [0.3, 0.4) is 0 Å². The number of phosphoric acid groups is 1. The topological polar surface area (TPSA) is 230 Å². The number of benzene rings is 2. The van der Waals surface area contributed by atoms with Gasteiger partial charge >= 0.3 is 13.8 Å². The summed E-state index contributed by atoms with van der Waals surface area (Å²) in [6, 6.07) is 18.6. The van der Waals surface area contributed by atoms with Crippen LogP contribution >= 0.6 is 7.82 Å². The number of fused-ring (bicyclic) bond motifs is 1. The van der Waals surface area contributed by atoms with Crippen molar-refractivity contribution in [1.29, 1.82) is 0 Å². The van der Waals surface area contributed by atoms with Crippen LogP contribution in [0.1, 0.15) is 29.9 Å². The summed E-state index contributed by atoms with van der Waals surface area (Å²) < 4.78 is 28.6. The Morgan fingerprint density at radius 2 is 1.67 bits per heavy atom. The molecule has 1 amide bonds. The first-order valence-electron chi connectivity index (χ1n) is 14.7. The average molecular weight is 695 g/mol. The molecule has 0 bridgehead atoms. The normalized spacial score (nSPS) is 12.3. The monoisotopic (exact) mass is 694 g/mol. The summed E-state index contributed by atoms with van der Waals surface area (Å²) in [5.41, 5.74) is 6.69. The summed E-state index contributed by atoms with van der Waals surface area (Å²) >= 11 is 0. The summed E-state index contributed by atoms with van der Waals surface area (Å²) in [6.45, 7) is 5.00. The number of carbonyl (C=O) groups excluding carboxylic acids is 2. The van der Waals surface area contributed by atoms with Gasteiger partial charge in [0.05, 0.1) is 36.7 Å². The van der Waals surface area contributed by atoms with Crippen LogP contribution < -0.4 is 26.1 Å². The molecule has 2 atom stereocenters. The summed E-state index contributed by atoms with van der Waals surface area (Å²) in [5.74, 6) is 0.731. The van der Waals surface area contributed by atoms with Crippen molar-refractivity contribution in [1.82, 2.24) is 19.3 Å². The van der Waals surface area contributed by atoms with Crippen LogP contribution in [0, 0.1) is 6.92 Å². The van der Waals surface area contributed by atoms with Gasteiger partial charge in [-0.3, -0.25) is 24.0 Å². The van der Waals surface area contributed by atoms with E-state index in [2.05, 4.69) is 15.3 Å². The van der Waals surface area contributed by atoms with Gasteiger partial charge in [0, 0.05) is 17.6 Å². The molecule has 0 unspecified atom stereocenters. The van der Waals surface area contributed by atoms with Gasteiger partial charge in [0.2, 0.25) is 0 Å². The maximum Gasteiger partial charge on any atom is 0.466 e. The molecule has 0 spiro atoms. The number of amides is 1. The van der Waals surface area contributed by atoms with Crippen molar-refractivity contribution in [3.63, 3.8) is 0 Å². The van der Waals surface area contributed by atoms with Gasteiger partial charge in [0.1, 0.15) is 40.8 Å². The number of para-hydroxylation sites is 1. The number of pyridine rings is 2. The predicted octanol–water partition coefficient (Wildman–Crippen LogP) is 3.29. The Balaban J connectivity index is 0.00000101. The molecule has 5 rings (SSSR count). The van der Waals surface area contributed by atoms with Crippen molar-refractivity contribution >= 4 is 36.4 Å². The molecule has 2 aromatic carbocycles. The lowest BCUT2D eigenvalue weighted by Crippen LogP contribution is -2.34. The number of hydrogen-bond acceptors (Lipinski definition) is 10. The van der Waals surface area contributed by atoms with Crippen molar-refractivity contribution in [2.24, 2.45) is 5.73 Å². The Kier molecular flexibility index (Phi) is 11.7. The third-order valence-electron chi connectivity index (χ3n) is 6.86. The molecule has 5 aromatic rings. The lowest BCUT2D eigenvalue weighted by Gasteiger charge is -2.19. The summed E-state index contributed by atoms with van der Waals surface area (Å²) in [6.07, 6.45) is 2.48. The molecule has 6 N–H and O–H groups in total. The number of nitrogens with one attached hydrogen (secondary N) is 1. The fourth-order valence-electron chi connectivity index (χ4n) is 4.68. The zero-order valence-electron chi connectivity index (χ0n) is 26.9. The minimum atomic E-state index is -4.64. The van der Waals surface area contributed by atoms with E-state index in [0.29, 0.717) is 34.1 Å². The zero-order chi connectivity index (χ0) is 35.9. The largest absolute Gasteiger partial charge is 0.497 e. The van der Waals surface area contributed by atoms with Crippen LogP contribution in [0.4, 0.5) is 5.82 Å². The molecule has 3 heterocycles. The SMILES string of the molecule is COc1ccc2c(Oc3ccc(NC(=O)c4c(C)n(C[C@@H](C)OC(=O)[C@H](C)N)n(-c5ccccc5)c4=O)nc3)ccnc2c1.O=P(O)(O)O. The van der Waals surface area contributed by atoms with Crippen LogP contribution in [-0.4, -0.2) is 65.1 Å². The predicted molar refractivity (Wildman–Crippen MR) is 179 cm³/mol. The molecule has 0 aliphatic carbocycles. The van der Waals surface area contributed by atoms with Crippen molar-refractivity contribution < 1.29 is 43.0 Å². The third kappa shape index (κ3) is 9.59. The summed E-state index contributed by atoms with van der Waals surface area (Å²) in [4.78, 5) is 69.4. The van der Waals surface area contributed by atoms with Crippen LogP contribution in [0.5, 0.6) is 17.2 Å². The number of anilines is 1. The van der Waals surface area contributed by atoms with Crippen molar-refractivity contribution in [2.75, 3.05) is 12.4 Å². The van der Waals surface area contributed by atoms with Gasteiger partial charge in [-0.1, -0.05) is 18.2 Å². The Morgan fingerprint density at radius 3 is 2.29 bits per heavy atom. The molecule has 16 nitrogen and oxygen atoms in total. The molecule has 0 radical (unpaired) electrons. The molecule has 0 aliphatic heterocycles. The van der Waals surface area contributed by atoms with Gasteiger partial charge in [-0.2, -0.15) is 0 Å². The van der Waals surface area contributed by atoms with E-state index in [4.69, 9.17) is 39.2 Å². The van der Waals surface area contributed by atoms with Crippen molar-refractivity contribution in [3.8, 4) is 22.9 Å². The number of methoxy groups -OCH3 is 1. The standard InChI is InChI=1S/C32H32N6O6.H3O4P/c1-19(43-32(41)20(2)33)18-37-21(3)29(31(40)38(37)22-8-6-5-7-9-22)30(39)36-28-13-11-24(17-35-28)44-27-14-15-34-26-16-23(42-4)10-12-25(26)27;1-5(2,3)4/h5-17,19-20H,18,33H2,1-4H3,(H,35,36,39);(H3,1,2,3,4)/t19-,20+;/m1./s1. The van der Waals surface area contributed by atoms with E-state index in [-0.39, 0.29) is 17.9 Å². The number of ether oxygens (including phenoxy) is 3. The lowest BCUT2D eigenvalue weighted by molar-refractivity contribution is -0.150. The fraction of sp³-hybridized carbons (Fsp3) is 0.219. The maximum absolute atomic E-state index is 13.7. The second-order valence-electron chi connectivity index (χ2n) is 10.7. The number of hydrogen-bond donors (Lipinski definition) is 5. The molecule has 0 saturated heterocycles. The Hall–Kier alpha value is -5.38. The van der Waals surface area contributed by atoms with Crippen LogP contribution in [0.2, 0.25) is 0 Å². The first-order valence-corrected chi connectivity index (χ1v) is 16.2. The number of rotatable bonds is 10. The van der Waals surface area contributed by atoms with E-state index < -0.39 is 37.4 Å². The molecular weight excluding hydrogens is 659 g/mol. The lowest BCUT2D eigenvalue weighted by atomic mass is 10.2. The molecule has 49 heavy (non-hydrogen) atoms. The van der Waals surface area contributed by atoms with E-state index in [1.54, 1.807) is 74.3 Å². The third-order valence-corrected chi connectivity index (χ3v) is 6.86. The summed E-state index contributed by atoms with van der Waals surface area (Å²) in [5, 5.41) is 3.50. The van der Waals surface area contributed by atoms with Gasteiger partial charge in [-0.25, -0.2) is 14.2 Å². The number of esters is 1. The van der Waals surface area contributed by atoms with Crippen LogP contribution in [-0.2, 0) is 20.6 Å². The van der Waals surface area contributed by atoms with Crippen LogP contribution in [0.15, 0.2) is 83.9 Å². The van der Waals surface area contributed by atoms with E-state index in [0.717, 1.165) is 5.39 Å². The first kappa shape index (κ1) is 36.5. The molecule has 0 saturated carbocycles. The second kappa shape index (κ2) is 15.7. The highest BCUT2D eigenvalue weighted by Gasteiger charge is 2.26. The molecule has 17 heteroatoms. The van der Waals surface area contributed by atoms with E-state index >= 15 is 0 Å². The Labute approximate surface area is 279 Å². The van der Waals surface area contributed by atoms with Gasteiger partial charge in [0.15, 0.2) is 0 Å². The van der Waals surface area contributed by atoms with Crippen molar-refractivity contribution in [2.45, 2.75) is 39.5 Å². The van der Waals surface area contributed by atoms with E-state index in [1.165, 1.54) is 17.8 Å². The quantitative estimate of drug-likeness (QED) is 0.105. The molecule has 3 aromatic heterocycles. The van der Waals surface area contributed by atoms with Gasteiger partial charge in [0.25, 0.3) is 11.5 Å². The van der Waals surface area contributed by atoms with E-state index in [1.807, 2.05) is 24.3 Å². The fourth-order valence-corrected chi connectivity index (χ4v) is 4.68. The zero-order valence-corrected chi connectivity index (χ0v) is 27.8. The maximum atomic E-state index is 13.7. The number of carbonyl (C=O) groups is 2. The number of nitrogens with two attached hydrogens (primary N) is 1. The minimum absolute atomic E-state index is 0.0691. The second-order valence-corrected chi connectivity index (χ2v) is 11.7. The Morgan fingerprint density at radius 1 is 1.00 bits per heavy atom. The first-order chi connectivity index (χ1) is 23.2. The highest BCUT2D eigenvalue weighted by molar-refractivity contribution is 7.45. The number of nitrogens with zero attached hydrogens (tertiary/aromatic N) is 4. The highest BCUT2D eigenvalue weighted by atomic mass is 31.2. The molecular formula is C32H35N6O10P. The smallest absolute Gasteiger partial charge is 0.466 e. The van der Waals surface area contributed by atoms with Gasteiger partial charge in [-0.15, -0.1) is 0 Å². The minimum Gasteiger partial charge on any atom is -0.497 e. The highest BCUT2D eigenvalue weighted by Crippen LogP contribution is 2.31. The summed E-state index contributed by atoms with van der Waals surface area (Å²) in [7, 11) is -3.05. The molecule has 0 fully saturated rings. The number of aromatic nitrogens is 4. The molecule has 0 aliphatic rings. The van der Waals surface area contributed by atoms with E-state index in [9.17, 15) is 14.4 Å². The van der Waals surface area contributed by atoms with Crippen molar-refractivity contribution in [3.05, 3.63) is 101 Å². The van der Waals surface area contributed by atoms with Gasteiger partial charge < -0.3 is 39.9 Å².